The van der Waals surface area contributed by atoms with Crippen molar-refractivity contribution in [1.82, 2.24) is 4.90 Å². The van der Waals surface area contributed by atoms with Crippen LogP contribution in [0.15, 0.2) is 48.0 Å². The molecule has 5 heteroatoms. The zero-order valence-electron chi connectivity index (χ0n) is 18.9. The molecule has 2 aromatic carbocycles. The molecule has 3 fully saturated rings. The zero-order valence-corrected chi connectivity index (χ0v) is 18.9. The molecule has 33 heavy (non-hydrogen) atoms. The SMILES string of the molecule is C[C@@H]1CC2=C(Cc3ccccc32)[C@H](c2c(F)cc(/C=C/C(=O)O)cc2F)N1C12CC(C)(C1)C2. The number of carboxylic acid groups (broad SMARTS) is 1. The van der Waals surface area contributed by atoms with Gasteiger partial charge in [0.2, 0.25) is 0 Å². The fourth-order valence-electron chi connectivity index (χ4n) is 7.46. The molecule has 4 aliphatic carbocycles. The third-order valence-electron chi connectivity index (χ3n) is 8.30. The van der Waals surface area contributed by atoms with E-state index in [1.807, 2.05) is 12.1 Å². The molecule has 5 aliphatic rings. The summed E-state index contributed by atoms with van der Waals surface area (Å²) in [5.41, 5.74) is 5.52. The topological polar surface area (TPSA) is 40.5 Å². The number of rotatable bonds is 4. The highest BCUT2D eigenvalue weighted by atomic mass is 19.1. The highest BCUT2D eigenvalue weighted by molar-refractivity contribution is 5.85. The lowest BCUT2D eigenvalue weighted by Crippen LogP contribution is -2.75. The van der Waals surface area contributed by atoms with Crippen molar-refractivity contribution < 1.29 is 18.7 Å². The molecule has 1 aliphatic heterocycles. The van der Waals surface area contributed by atoms with Gasteiger partial charge in [-0.15, -0.1) is 0 Å². The molecule has 0 unspecified atom stereocenters. The first-order chi connectivity index (χ1) is 15.7. The standard InChI is InChI=1S/C28H27F2NO2/c1-16-9-20-19-6-4-3-5-18(19)12-21(20)26(31(16)28-13-27(2,14-28)15-28)25-22(29)10-17(11-23(25)30)7-8-24(32)33/h3-8,10-11,16,26H,9,12-15H2,1-2H3,(H,32,33)/b8-7+/t16-,26-,27?,28?/m1/s1. The average molecular weight is 448 g/mol. The van der Waals surface area contributed by atoms with E-state index in [-0.39, 0.29) is 22.7 Å². The summed E-state index contributed by atoms with van der Waals surface area (Å²) in [5.74, 6) is -2.36. The predicted molar refractivity (Wildman–Crippen MR) is 123 cm³/mol. The minimum Gasteiger partial charge on any atom is -0.478 e. The number of aliphatic carboxylic acids is 1. The van der Waals surface area contributed by atoms with Crippen LogP contribution in [0, 0.1) is 17.0 Å². The Morgan fingerprint density at radius 1 is 1.15 bits per heavy atom. The minimum absolute atomic E-state index is 0.0207. The Hall–Kier alpha value is -2.79. The predicted octanol–water partition coefficient (Wildman–Crippen LogP) is 6.15. The van der Waals surface area contributed by atoms with E-state index in [2.05, 4.69) is 30.9 Å². The molecule has 0 saturated heterocycles. The van der Waals surface area contributed by atoms with E-state index in [1.54, 1.807) is 0 Å². The van der Waals surface area contributed by atoms with Crippen LogP contribution >= 0.6 is 0 Å². The molecule has 2 atom stereocenters. The van der Waals surface area contributed by atoms with Gasteiger partial charge in [0.15, 0.2) is 0 Å². The van der Waals surface area contributed by atoms with Crippen LogP contribution in [0.1, 0.15) is 67.8 Å². The molecule has 2 aromatic rings. The van der Waals surface area contributed by atoms with Gasteiger partial charge in [-0.05, 0) is 90.5 Å². The van der Waals surface area contributed by atoms with Gasteiger partial charge in [-0.3, -0.25) is 4.90 Å². The highest BCUT2D eigenvalue weighted by Gasteiger charge is 2.69. The summed E-state index contributed by atoms with van der Waals surface area (Å²) in [6, 6.07) is 10.6. The Kier molecular flexibility index (Phi) is 4.32. The highest BCUT2D eigenvalue weighted by Crippen LogP contribution is 2.72. The summed E-state index contributed by atoms with van der Waals surface area (Å²) in [6.45, 7) is 4.50. The lowest BCUT2D eigenvalue weighted by atomic mass is 9.39. The van der Waals surface area contributed by atoms with Crippen LogP contribution in [0.25, 0.3) is 11.6 Å². The molecule has 1 heterocycles. The molecular formula is C28H27F2NO2. The molecule has 0 radical (unpaired) electrons. The first kappa shape index (κ1) is 20.8. The monoisotopic (exact) mass is 447 g/mol. The van der Waals surface area contributed by atoms with E-state index in [9.17, 15) is 4.79 Å². The van der Waals surface area contributed by atoms with Crippen LogP contribution < -0.4 is 0 Å². The van der Waals surface area contributed by atoms with Crippen molar-refractivity contribution >= 4 is 17.6 Å². The fraction of sp³-hybridized carbons (Fsp3) is 0.393. The quantitative estimate of drug-likeness (QED) is 0.572. The van der Waals surface area contributed by atoms with Gasteiger partial charge in [0.25, 0.3) is 0 Å². The van der Waals surface area contributed by atoms with Crippen molar-refractivity contribution in [1.29, 1.82) is 0 Å². The van der Waals surface area contributed by atoms with E-state index in [0.29, 0.717) is 11.8 Å². The number of carboxylic acids is 1. The molecule has 1 N–H and O–H groups in total. The maximum absolute atomic E-state index is 15.6. The zero-order chi connectivity index (χ0) is 23.1. The summed E-state index contributed by atoms with van der Waals surface area (Å²) in [4.78, 5) is 13.3. The van der Waals surface area contributed by atoms with Crippen LogP contribution in [-0.4, -0.2) is 27.6 Å². The van der Waals surface area contributed by atoms with Gasteiger partial charge < -0.3 is 5.11 Å². The molecule has 7 rings (SSSR count). The maximum atomic E-state index is 15.6. The smallest absolute Gasteiger partial charge is 0.328 e. The number of hydrogen-bond acceptors (Lipinski definition) is 2. The molecule has 2 bridgehead atoms. The van der Waals surface area contributed by atoms with Crippen LogP contribution in [0.4, 0.5) is 8.78 Å². The van der Waals surface area contributed by atoms with Crippen molar-refractivity contribution in [3.63, 3.8) is 0 Å². The first-order valence-electron chi connectivity index (χ1n) is 11.7. The van der Waals surface area contributed by atoms with Gasteiger partial charge in [0, 0.05) is 23.2 Å². The summed E-state index contributed by atoms with van der Waals surface area (Å²) >= 11 is 0. The van der Waals surface area contributed by atoms with E-state index < -0.39 is 23.6 Å². The Morgan fingerprint density at radius 2 is 1.82 bits per heavy atom. The van der Waals surface area contributed by atoms with E-state index in [0.717, 1.165) is 37.3 Å². The molecule has 0 aromatic heterocycles. The maximum Gasteiger partial charge on any atom is 0.328 e. The second kappa shape index (κ2) is 6.86. The second-order valence-corrected chi connectivity index (χ2v) is 10.8. The van der Waals surface area contributed by atoms with Crippen LogP contribution in [-0.2, 0) is 11.2 Å². The number of halogens is 2. The number of hydrogen-bond donors (Lipinski definition) is 1. The van der Waals surface area contributed by atoms with E-state index >= 15 is 8.78 Å². The second-order valence-electron chi connectivity index (χ2n) is 10.8. The van der Waals surface area contributed by atoms with Crippen LogP contribution in [0.2, 0.25) is 0 Å². The Morgan fingerprint density at radius 3 is 2.45 bits per heavy atom. The van der Waals surface area contributed by atoms with Crippen molar-refractivity contribution in [3.05, 3.63) is 81.9 Å². The summed E-state index contributed by atoms with van der Waals surface area (Å²) in [6.07, 6.45) is 6.99. The van der Waals surface area contributed by atoms with Gasteiger partial charge in [-0.1, -0.05) is 31.2 Å². The molecule has 3 saturated carbocycles. The lowest BCUT2D eigenvalue weighted by Gasteiger charge is -2.75. The average Bonchev–Trinajstić information content (AvgIpc) is 3.07. The largest absolute Gasteiger partial charge is 0.478 e. The van der Waals surface area contributed by atoms with Gasteiger partial charge >= 0.3 is 5.97 Å². The number of fused-ring (bicyclic) bond motifs is 2. The van der Waals surface area contributed by atoms with Crippen molar-refractivity contribution in [2.24, 2.45) is 5.41 Å². The molecule has 0 spiro atoms. The lowest BCUT2D eigenvalue weighted by molar-refractivity contribution is -0.231. The molecule has 0 amide bonds. The Labute approximate surface area is 192 Å². The summed E-state index contributed by atoms with van der Waals surface area (Å²) in [5, 5.41) is 8.89. The summed E-state index contributed by atoms with van der Waals surface area (Å²) < 4.78 is 31.3. The third kappa shape index (κ3) is 2.98. The van der Waals surface area contributed by atoms with Crippen molar-refractivity contribution in [3.8, 4) is 0 Å². The Bertz CT molecular complexity index is 1220. The molecule has 3 nitrogen and oxygen atoms in total. The minimum atomic E-state index is -1.15. The Balaban J connectivity index is 1.50. The fourth-order valence-corrected chi connectivity index (χ4v) is 7.46. The number of carbonyl (C=O) groups is 1. The molecule has 170 valence electrons. The van der Waals surface area contributed by atoms with Crippen LogP contribution in [0.3, 0.4) is 0 Å². The van der Waals surface area contributed by atoms with Crippen molar-refractivity contribution in [2.75, 3.05) is 0 Å². The molecular weight excluding hydrogens is 420 g/mol. The summed E-state index contributed by atoms with van der Waals surface area (Å²) in [7, 11) is 0. The first-order valence-corrected chi connectivity index (χ1v) is 11.7. The van der Waals surface area contributed by atoms with Gasteiger partial charge in [-0.25, -0.2) is 13.6 Å². The van der Waals surface area contributed by atoms with E-state index in [1.165, 1.54) is 34.9 Å². The third-order valence-corrected chi connectivity index (χ3v) is 8.30. The number of nitrogens with zero attached hydrogens (tertiary/aromatic N) is 1. The van der Waals surface area contributed by atoms with Gasteiger partial charge in [0.1, 0.15) is 11.6 Å². The van der Waals surface area contributed by atoms with Gasteiger partial charge in [-0.2, -0.15) is 0 Å². The van der Waals surface area contributed by atoms with Gasteiger partial charge in [0.05, 0.1) is 6.04 Å². The van der Waals surface area contributed by atoms with E-state index in [4.69, 9.17) is 5.11 Å². The number of benzene rings is 2. The normalized spacial score (nSPS) is 32.4. The van der Waals surface area contributed by atoms with Crippen molar-refractivity contribution in [2.45, 2.75) is 63.6 Å². The van der Waals surface area contributed by atoms with Crippen LogP contribution in [0.5, 0.6) is 0 Å².